The van der Waals surface area contributed by atoms with Crippen LogP contribution in [0.2, 0.25) is 0 Å². The fourth-order valence-corrected chi connectivity index (χ4v) is 4.20. The molecule has 3 rings (SSSR count). The van der Waals surface area contributed by atoms with E-state index in [0.29, 0.717) is 38.3 Å². The minimum Gasteiger partial charge on any atom is -0.342 e. The molecule has 1 N–H and O–H groups in total. The quantitative estimate of drug-likeness (QED) is 0.751. The fourth-order valence-electron chi connectivity index (χ4n) is 4.20. The van der Waals surface area contributed by atoms with Crippen molar-refractivity contribution >= 4 is 17.7 Å². The molecule has 0 spiro atoms. The van der Waals surface area contributed by atoms with Crippen LogP contribution in [0.1, 0.15) is 49.0 Å². The van der Waals surface area contributed by atoms with Crippen molar-refractivity contribution in [1.29, 1.82) is 0 Å². The molecule has 2 aliphatic rings. The average Bonchev–Trinajstić information content (AvgIpc) is 2.78. The number of piperazine rings is 1. The molecule has 0 aliphatic carbocycles. The van der Waals surface area contributed by atoms with Gasteiger partial charge in [-0.25, -0.2) is 0 Å². The van der Waals surface area contributed by atoms with Gasteiger partial charge in [0.1, 0.15) is 6.04 Å². The van der Waals surface area contributed by atoms with E-state index in [9.17, 15) is 14.4 Å². The van der Waals surface area contributed by atoms with Gasteiger partial charge in [0, 0.05) is 44.8 Å². The van der Waals surface area contributed by atoms with Crippen molar-refractivity contribution in [2.24, 2.45) is 5.92 Å². The number of piperidine rings is 1. The molecule has 0 radical (unpaired) electrons. The summed E-state index contributed by atoms with van der Waals surface area (Å²) in [4.78, 5) is 44.2. The van der Waals surface area contributed by atoms with Gasteiger partial charge in [0.15, 0.2) is 0 Å². The highest BCUT2D eigenvalue weighted by molar-refractivity contribution is 5.97. The van der Waals surface area contributed by atoms with Crippen molar-refractivity contribution in [3.05, 3.63) is 35.4 Å². The molecular weight excluding hydrogens is 392 g/mol. The van der Waals surface area contributed by atoms with E-state index >= 15 is 0 Å². The zero-order valence-electron chi connectivity index (χ0n) is 19.1. The lowest BCUT2D eigenvalue weighted by Crippen LogP contribution is -2.57. The number of nitrogens with zero attached hydrogens (tertiary/aromatic N) is 3. The second-order valence-electron chi connectivity index (χ2n) is 9.10. The van der Waals surface area contributed by atoms with Crippen molar-refractivity contribution in [2.45, 2.75) is 46.1 Å². The lowest BCUT2D eigenvalue weighted by Gasteiger charge is -2.38. The Labute approximate surface area is 185 Å². The molecule has 2 aliphatic heterocycles. The van der Waals surface area contributed by atoms with Crippen LogP contribution in [0.4, 0.5) is 0 Å². The Hall–Kier alpha value is -2.41. The minimum absolute atomic E-state index is 0.0133. The summed E-state index contributed by atoms with van der Waals surface area (Å²) in [7, 11) is 0. The standard InChI is InChI=1S/C24H36N4O3/c1-18(2)22(25-23(30)20-9-7-19(3)8-10-20)24(31)28-15-13-26(14-16-28)17-21(29)27-11-5-4-6-12-27/h7-10,18,22H,4-6,11-17H2,1-3H3,(H,25,30). The largest absolute Gasteiger partial charge is 0.342 e. The van der Waals surface area contributed by atoms with Crippen LogP contribution in [0.3, 0.4) is 0 Å². The Kier molecular flexibility index (Phi) is 8.07. The molecular formula is C24H36N4O3. The molecule has 0 aromatic heterocycles. The zero-order chi connectivity index (χ0) is 22.4. The van der Waals surface area contributed by atoms with Crippen LogP contribution in [-0.4, -0.2) is 84.3 Å². The third kappa shape index (κ3) is 6.29. The first-order valence-electron chi connectivity index (χ1n) is 11.5. The van der Waals surface area contributed by atoms with Crippen molar-refractivity contribution in [3.8, 4) is 0 Å². The van der Waals surface area contributed by atoms with E-state index in [4.69, 9.17) is 0 Å². The summed E-state index contributed by atoms with van der Waals surface area (Å²) in [6.07, 6.45) is 3.40. The number of carbonyl (C=O) groups is 3. The van der Waals surface area contributed by atoms with Gasteiger partial charge in [0.25, 0.3) is 5.91 Å². The van der Waals surface area contributed by atoms with Gasteiger partial charge in [-0.3, -0.25) is 19.3 Å². The minimum atomic E-state index is -0.560. The van der Waals surface area contributed by atoms with Crippen LogP contribution in [0.25, 0.3) is 0 Å². The van der Waals surface area contributed by atoms with E-state index in [1.54, 1.807) is 12.1 Å². The summed E-state index contributed by atoms with van der Waals surface area (Å²) in [6, 6.07) is 6.79. The zero-order valence-corrected chi connectivity index (χ0v) is 19.1. The first-order valence-corrected chi connectivity index (χ1v) is 11.5. The Morgan fingerprint density at radius 2 is 1.48 bits per heavy atom. The maximum absolute atomic E-state index is 13.2. The number of amides is 3. The monoisotopic (exact) mass is 428 g/mol. The van der Waals surface area contributed by atoms with E-state index < -0.39 is 6.04 Å². The van der Waals surface area contributed by atoms with E-state index in [0.717, 1.165) is 31.5 Å². The summed E-state index contributed by atoms with van der Waals surface area (Å²) < 4.78 is 0. The van der Waals surface area contributed by atoms with Crippen LogP contribution >= 0.6 is 0 Å². The van der Waals surface area contributed by atoms with Gasteiger partial charge in [-0.1, -0.05) is 31.5 Å². The third-order valence-corrected chi connectivity index (χ3v) is 6.28. The van der Waals surface area contributed by atoms with Gasteiger partial charge in [-0.15, -0.1) is 0 Å². The molecule has 0 bridgehead atoms. The van der Waals surface area contributed by atoms with Gasteiger partial charge >= 0.3 is 0 Å². The molecule has 0 saturated carbocycles. The van der Waals surface area contributed by atoms with Gasteiger partial charge in [0.2, 0.25) is 11.8 Å². The maximum atomic E-state index is 13.2. The summed E-state index contributed by atoms with van der Waals surface area (Å²) in [5.74, 6) is -0.0826. The highest BCUT2D eigenvalue weighted by Crippen LogP contribution is 2.13. The average molecular weight is 429 g/mol. The molecule has 7 nitrogen and oxygen atoms in total. The van der Waals surface area contributed by atoms with Gasteiger partial charge in [-0.05, 0) is 44.2 Å². The van der Waals surface area contributed by atoms with Crippen LogP contribution < -0.4 is 5.32 Å². The first-order chi connectivity index (χ1) is 14.8. The predicted molar refractivity (Wildman–Crippen MR) is 121 cm³/mol. The molecule has 1 unspecified atom stereocenters. The number of aryl methyl sites for hydroxylation is 1. The van der Waals surface area contributed by atoms with Gasteiger partial charge < -0.3 is 15.1 Å². The predicted octanol–water partition coefficient (Wildman–Crippen LogP) is 1.91. The molecule has 2 saturated heterocycles. The van der Waals surface area contributed by atoms with E-state index in [1.807, 2.05) is 42.7 Å². The molecule has 31 heavy (non-hydrogen) atoms. The number of hydrogen-bond acceptors (Lipinski definition) is 4. The normalized spacial score (nSPS) is 18.7. The lowest BCUT2D eigenvalue weighted by molar-refractivity contribution is -0.137. The van der Waals surface area contributed by atoms with Crippen LogP contribution in [-0.2, 0) is 9.59 Å². The van der Waals surface area contributed by atoms with Crippen molar-refractivity contribution < 1.29 is 14.4 Å². The summed E-state index contributed by atoms with van der Waals surface area (Å²) in [5.41, 5.74) is 1.65. The van der Waals surface area contributed by atoms with E-state index in [-0.39, 0.29) is 23.6 Å². The molecule has 1 atom stereocenters. The molecule has 2 fully saturated rings. The Morgan fingerprint density at radius 3 is 2.06 bits per heavy atom. The summed E-state index contributed by atoms with van der Waals surface area (Å²) >= 11 is 0. The van der Waals surface area contributed by atoms with Crippen LogP contribution in [0.15, 0.2) is 24.3 Å². The molecule has 1 aromatic carbocycles. The molecule has 7 heteroatoms. The first kappa shape index (κ1) is 23.3. The molecule has 3 amide bonds. The van der Waals surface area contributed by atoms with Gasteiger partial charge in [-0.2, -0.15) is 0 Å². The number of benzene rings is 1. The Morgan fingerprint density at radius 1 is 0.871 bits per heavy atom. The van der Waals surface area contributed by atoms with Crippen LogP contribution in [0, 0.1) is 12.8 Å². The highest BCUT2D eigenvalue weighted by Gasteiger charge is 2.31. The molecule has 2 heterocycles. The molecule has 1 aromatic rings. The second kappa shape index (κ2) is 10.8. The topological polar surface area (TPSA) is 73.0 Å². The van der Waals surface area contributed by atoms with Crippen molar-refractivity contribution in [1.82, 2.24) is 20.0 Å². The Bertz CT molecular complexity index is 764. The smallest absolute Gasteiger partial charge is 0.251 e. The summed E-state index contributed by atoms with van der Waals surface area (Å²) in [6.45, 7) is 10.6. The molecule has 170 valence electrons. The van der Waals surface area contributed by atoms with Gasteiger partial charge in [0.05, 0.1) is 6.54 Å². The van der Waals surface area contributed by atoms with Crippen molar-refractivity contribution in [3.63, 3.8) is 0 Å². The fraction of sp³-hybridized carbons (Fsp3) is 0.625. The summed E-state index contributed by atoms with van der Waals surface area (Å²) in [5, 5.41) is 2.93. The second-order valence-corrected chi connectivity index (χ2v) is 9.10. The number of likely N-dealkylation sites (tertiary alicyclic amines) is 1. The number of hydrogen-bond donors (Lipinski definition) is 1. The number of nitrogens with one attached hydrogen (secondary N) is 1. The Balaban J connectivity index is 1.51. The maximum Gasteiger partial charge on any atom is 0.251 e. The SMILES string of the molecule is Cc1ccc(C(=O)NC(C(=O)N2CCN(CC(=O)N3CCCCC3)CC2)C(C)C)cc1. The number of carbonyl (C=O) groups excluding carboxylic acids is 3. The van der Waals surface area contributed by atoms with E-state index in [1.165, 1.54) is 6.42 Å². The lowest BCUT2D eigenvalue weighted by atomic mass is 10.0. The highest BCUT2D eigenvalue weighted by atomic mass is 16.2. The number of rotatable bonds is 6. The third-order valence-electron chi connectivity index (χ3n) is 6.28. The van der Waals surface area contributed by atoms with Crippen molar-refractivity contribution in [2.75, 3.05) is 45.8 Å². The van der Waals surface area contributed by atoms with Crippen LogP contribution in [0.5, 0.6) is 0 Å². The van der Waals surface area contributed by atoms with E-state index in [2.05, 4.69) is 10.2 Å².